The number of carbonyl (C=O) groups is 2. The molecule has 1 fully saturated rings. The number of ether oxygens (including phenoxy) is 1. The Labute approximate surface area is 162 Å². The second-order valence-electron chi connectivity index (χ2n) is 5.81. The van der Waals surface area contributed by atoms with Crippen molar-refractivity contribution in [3.63, 3.8) is 0 Å². The Bertz CT molecular complexity index is 965. The van der Waals surface area contributed by atoms with Gasteiger partial charge in [0.1, 0.15) is 11.3 Å². The first-order chi connectivity index (χ1) is 13.1. The maximum absolute atomic E-state index is 12.7. The highest BCUT2D eigenvalue weighted by Gasteiger charge is 2.32. The van der Waals surface area contributed by atoms with Gasteiger partial charge in [-0.15, -0.1) is 6.58 Å². The summed E-state index contributed by atoms with van der Waals surface area (Å²) in [4.78, 5) is 26.4. The van der Waals surface area contributed by atoms with Gasteiger partial charge >= 0.3 is 0 Å². The van der Waals surface area contributed by atoms with Crippen LogP contribution in [0.2, 0.25) is 0 Å². The van der Waals surface area contributed by atoms with Gasteiger partial charge in [0.2, 0.25) is 0 Å². The first-order valence-electron chi connectivity index (χ1n) is 8.29. The van der Waals surface area contributed by atoms with E-state index >= 15 is 0 Å². The smallest absolute Gasteiger partial charge is 0.265 e. The van der Waals surface area contributed by atoms with E-state index in [4.69, 9.17) is 17.0 Å². The quantitative estimate of drug-likeness (QED) is 0.376. The van der Waals surface area contributed by atoms with Crippen molar-refractivity contribution in [1.82, 2.24) is 10.2 Å². The Balaban J connectivity index is 2.10. The van der Waals surface area contributed by atoms with Gasteiger partial charge < -0.3 is 4.74 Å². The fourth-order valence-corrected chi connectivity index (χ4v) is 3.13. The Morgan fingerprint density at radius 2 is 1.78 bits per heavy atom. The lowest BCUT2D eigenvalue weighted by Gasteiger charge is -2.28. The van der Waals surface area contributed by atoms with Crippen molar-refractivity contribution in [3.05, 3.63) is 72.3 Å². The Hall–Kier alpha value is -3.25. The van der Waals surface area contributed by atoms with Gasteiger partial charge in [0.15, 0.2) is 5.11 Å². The molecule has 2 aromatic carbocycles. The summed E-state index contributed by atoms with van der Waals surface area (Å²) in [7, 11) is 1.60. The summed E-state index contributed by atoms with van der Waals surface area (Å²) in [5.74, 6) is -0.254. The number of benzene rings is 2. The molecule has 1 aliphatic heterocycles. The summed E-state index contributed by atoms with van der Waals surface area (Å²) in [5.41, 5.74) is 2.47. The number of hydrogen-bond donors (Lipinski definition) is 1. The van der Waals surface area contributed by atoms with E-state index in [1.807, 2.05) is 48.5 Å². The van der Waals surface area contributed by atoms with Crippen molar-refractivity contribution in [3.8, 4) is 16.9 Å². The molecule has 1 aliphatic rings. The molecule has 1 heterocycles. The highest BCUT2D eigenvalue weighted by Crippen LogP contribution is 2.33. The summed E-state index contributed by atoms with van der Waals surface area (Å²) >= 11 is 5.08. The minimum atomic E-state index is -0.514. The highest BCUT2D eigenvalue weighted by atomic mass is 32.1. The zero-order chi connectivity index (χ0) is 19.4. The Morgan fingerprint density at radius 3 is 2.48 bits per heavy atom. The monoisotopic (exact) mass is 378 g/mol. The molecule has 2 aromatic rings. The lowest BCUT2D eigenvalue weighted by molar-refractivity contribution is -0.128. The number of nitrogens with one attached hydrogen (secondary N) is 1. The van der Waals surface area contributed by atoms with Crippen LogP contribution >= 0.6 is 12.2 Å². The Kier molecular flexibility index (Phi) is 5.47. The van der Waals surface area contributed by atoms with Crippen molar-refractivity contribution in [1.29, 1.82) is 0 Å². The van der Waals surface area contributed by atoms with Crippen molar-refractivity contribution in [2.45, 2.75) is 0 Å². The number of carbonyl (C=O) groups excluding carboxylic acids is 2. The van der Waals surface area contributed by atoms with Gasteiger partial charge in [0, 0.05) is 12.1 Å². The van der Waals surface area contributed by atoms with Crippen molar-refractivity contribution < 1.29 is 14.3 Å². The number of rotatable bonds is 5. The van der Waals surface area contributed by atoms with Gasteiger partial charge in [-0.3, -0.25) is 19.8 Å². The van der Waals surface area contributed by atoms with Crippen LogP contribution in [0, 0.1) is 0 Å². The zero-order valence-corrected chi connectivity index (χ0v) is 15.6. The molecule has 0 saturated carbocycles. The second-order valence-corrected chi connectivity index (χ2v) is 6.20. The van der Waals surface area contributed by atoms with Crippen LogP contribution in [0.3, 0.4) is 0 Å². The minimum absolute atomic E-state index is 0.0211. The van der Waals surface area contributed by atoms with E-state index < -0.39 is 11.8 Å². The van der Waals surface area contributed by atoms with Crippen LogP contribution < -0.4 is 10.1 Å². The van der Waals surface area contributed by atoms with E-state index in [9.17, 15) is 9.59 Å². The molecule has 136 valence electrons. The largest absolute Gasteiger partial charge is 0.496 e. The number of methoxy groups -OCH3 is 1. The third-order valence-electron chi connectivity index (χ3n) is 4.16. The number of thiocarbonyl (C=S) groups is 1. The summed E-state index contributed by atoms with van der Waals surface area (Å²) in [6.45, 7) is 3.85. The van der Waals surface area contributed by atoms with Crippen LogP contribution in [-0.4, -0.2) is 35.5 Å². The molecule has 0 spiro atoms. The van der Waals surface area contributed by atoms with Gasteiger partial charge in [-0.1, -0.05) is 48.5 Å². The summed E-state index contributed by atoms with van der Waals surface area (Å²) < 4.78 is 5.45. The van der Waals surface area contributed by atoms with Gasteiger partial charge in [0.25, 0.3) is 11.8 Å². The fraction of sp³-hybridized carbons (Fsp3) is 0.0952. The molecule has 1 saturated heterocycles. The SMILES string of the molecule is C=CCN1C(=O)C(=Cc2ccccc2-c2ccccc2OC)C(=O)NC1=S. The molecule has 3 rings (SSSR count). The van der Waals surface area contributed by atoms with Crippen molar-refractivity contribution in [2.24, 2.45) is 0 Å². The molecular weight excluding hydrogens is 360 g/mol. The molecule has 0 bridgehead atoms. The number of nitrogens with zero attached hydrogens (tertiary/aromatic N) is 1. The summed E-state index contributed by atoms with van der Waals surface area (Å²) in [6.07, 6.45) is 3.14. The number of para-hydroxylation sites is 1. The number of amides is 2. The first kappa shape index (κ1) is 18.5. The second kappa shape index (κ2) is 7.97. The van der Waals surface area contributed by atoms with Crippen molar-refractivity contribution >= 4 is 35.2 Å². The molecular formula is C21H18N2O3S. The van der Waals surface area contributed by atoms with E-state index in [1.54, 1.807) is 19.3 Å². The first-order valence-corrected chi connectivity index (χ1v) is 8.69. The maximum Gasteiger partial charge on any atom is 0.265 e. The fourth-order valence-electron chi connectivity index (χ4n) is 2.88. The molecule has 0 aliphatic carbocycles. The van der Waals surface area contributed by atoms with E-state index in [0.29, 0.717) is 5.75 Å². The normalized spacial score (nSPS) is 15.7. The predicted octanol–water partition coefficient (Wildman–Crippen LogP) is 3.17. The average Bonchev–Trinajstić information content (AvgIpc) is 2.68. The van der Waals surface area contributed by atoms with E-state index in [2.05, 4.69) is 11.9 Å². The van der Waals surface area contributed by atoms with Crippen LogP contribution in [0.5, 0.6) is 5.75 Å². The maximum atomic E-state index is 12.7. The molecule has 1 N–H and O–H groups in total. The third-order valence-corrected chi connectivity index (χ3v) is 4.48. The Morgan fingerprint density at radius 1 is 1.11 bits per heavy atom. The molecule has 0 aromatic heterocycles. The van der Waals surface area contributed by atoms with Crippen LogP contribution in [0.25, 0.3) is 17.2 Å². The predicted molar refractivity (Wildman–Crippen MR) is 109 cm³/mol. The molecule has 27 heavy (non-hydrogen) atoms. The van der Waals surface area contributed by atoms with Crippen LogP contribution in [0.1, 0.15) is 5.56 Å². The van der Waals surface area contributed by atoms with Gasteiger partial charge in [-0.25, -0.2) is 0 Å². The van der Waals surface area contributed by atoms with Crippen LogP contribution in [0.4, 0.5) is 0 Å². The molecule has 0 atom stereocenters. The molecule has 0 radical (unpaired) electrons. The topological polar surface area (TPSA) is 58.6 Å². The summed E-state index contributed by atoms with van der Waals surface area (Å²) in [6, 6.07) is 15.1. The van der Waals surface area contributed by atoms with Gasteiger partial charge in [0.05, 0.1) is 7.11 Å². The van der Waals surface area contributed by atoms with Crippen molar-refractivity contribution in [2.75, 3.05) is 13.7 Å². The molecule has 6 heteroatoms. The van der Waals surface area contributed by atoms with Gasteiger partial charge in [-0.05, 0) is 35.5 Å². The van der Waals surface area contributed by atoms with Gasteiger partial charge in [-0.2, -0.15) is 0 Å². The molecule has 5 nitrogen and oxygen atoms in total. The molecule has 0 unspecified atom stereocenters. The third kappa shape index (κ3) is 3.66. The average molecular weight is 378 g/mol. The highest BCUT2D eigenvalue weighted by molar-refractivity contribution is 7.80. The van der Waals surface area contributed by atoms with Crippen LogP contribution in [0.15, 0.2) is 66.8 Å². The van der Waals surface area contributed by atoms with E-state index in [0.717, 1.165) is 16.7 Å². The minimum Gasteiger partial charge on any atom is -0.496 e. The zero-order valence-electron chi connectivity index (χ0n) is 14.8. The van der Waals surface area contributed by atoms with Crippen LogP contribution in [-0.2, 0) is 9.59 Å². The lowest BCUT2D eigenvalue weighted by atomic mass is 9.96. The number of hydrogen-bond acceptors (Lipinski definition) is 4. The standard InChI is InChI=1S/C21H18N2O3S/c1-3-12-23-20(25)17(19(24)22-21(23)27)13-14-8-4-5-9-15(14)16-10-6-7-11-18(16)26-2/h3-11,13H,1,12H2,2H3,(H,22,24,27). The molecule has 2 amide bonds. The summed E-state index contributed by atoms with van der Waals surface area (Å²) in [5, 5.41) is 2.64. The van der Waals surface area contributed by atoms with E-state index in [-0.39, 0.29) is 17.2 Å². The van der Waals surface area contributed by atoms with E-state index in [1.165, 1.54) is 4.90 Å². The lowest BCUT2D eigenvalue weighted by Crippen LogP contribution is -2.53.